The van der Waals surface area contributed by atoms with Gasteiger partial charge < -0.3 is 10.1 Å². The van der Waals surface area contributed by atoms with Gasteiger partial charge >= 0.3 is 5.97 Å². The summed E-state index contributed by atoms with van der Waals surface area (Å²) in [7, 11) is 0. The SMILES string of the molecule is CCOC(=O)CCC(=O)Nc1nc(C)cs1. The van der Waals surface area contributed by atoms with Gasteiger partial charge in [-0.2, -0.15) is 0 Å². The summed E-state index contributed by atoms with van der Waals surface area (Å²) >= 11 is 1.36. The van der Waals surface area contributed by atoms with Crippen molar-refractivity contribution in [1.29, 1.82) is 0 Å². The predicted molar refractivity (Wildman–Crippen MR) is 61.3 cm³/mol. The summed E-state index contributed by atoms with van der Waals surface area (Å²) < 4.78 is 4.71. The zero-order valence-corrected chi connectivity index (χ0v) is 10.1. The van der Waals surface area contributed by atoms with Crippen LogP contribution in [-0.4, -0.2) is 23.5 Å². The van der Waals surface area contributed by atoms with E-state index in [0.717, 1.165) is 5.69 Å². The summed E-state index contributed by atoms with van der Waals surface area (Å²) in [6, 6.07) is 0. The molecule has 1 aromatic rings. The van der Waals surface area contributed by atoms with Crippen molar-refractivity contribution >= 4 is 28.3 Å². The maximum absolute atomic E-state index is 11.4. The first-order chi connectivity index (χ1) is 7.61. The highest BCUT2D eigenvalue weighted by molar-refractivity contribution is 7.13. The van der Waals surface area contributed by atoms with E-state index in [1.807, 2.05) is 12.3 Å². The van der Waals surface area contributed by atoms with Crippen LogP contribution in [0, 0.1) is 6.92 Å². The first-order valence-corrected chi connectivity index (χ1v) is 5.87. The van der Waals surface area contributed by atoms with E-state index in [1.165, 1.54) is 11.3 Å². The van der Waals surface area contributed by atoms with Crippen LogP contribution in [0.5, 0.6) is 0 Å². The van der Waals surface area contributed by atoms with Crippen LogP contribution in [-0.2, 0) is 14.3 Å². The second kappa shape index (κ2) is 6.22. The predicted octanol–water partition coefficient (Wildman–Crippen LogP) is 1.73. The number of amides is 1. The van der Waals surface area contributed by atoms with E-state index < -0.39 is 0 Å². The number of esters is 1. The summed E-state index contributed by atoms with van der Waals surface area (Å²) in [6.45, 7) is 3.92. The van der Waals surface area contributed by atoms with Crippen molar-refractivity contribution < 1.29 is 14.3 Å². The van der Waals surface area contributed by atoms with Crippen molar-refractivity contribution in [2.45, 2.75) is 26.7 Å². The molecule has 1 rings (SSSR count). The Morgan fingerprint density at radius 3 is 2.81 bits per heavy atom. The van der Waals surface area contributed by atoms with Crippen molar-refractivity contribution in [1.82, 2.24) is 4.98 Å². The Balaban J connectivity index is 2.28. The number of aromatic nitrogens is 1. The van der Waals surface area contributed by atoms with Gasteiger partial charge in [-0.25, -0.2) is 4.98 Å². The highest BCUT2D eigenvalue weighted by atomic mass is 32.1. The number of thiazole rings is 1. The molecule has 0 aromatic carbocycles. The number of anilines is 1. The van der Waals surface area contributed by atoms with Gasteiger partial charge in [0.25, 0.3) is 0 Å². The fourth-order valence-electron chi connectivity index (χ4n) is 1.04. The smallest absolute Gasteiger partial charge is 0.306 e. The Hall–Kier alpha value is -1.43. The average molecular weight is 242 g/mol. The Kier molecular flexibility index (Phi) is 4.91. The molecule has 0 unspecified atom stereocenters. The van der Waals surface area contributed by atoms with Gasteiger partial charge in [-0.3, -0.25) is 9.59 Å². The van der Waals surface area contributed by atoms with Crippen LogP contribution < -0.4 is 5.32 Å². The molecule has 0 aliphatic carbocycles. The molecule has 0 radical (unpaired) electrons. The van der Waals surface area contributed by atoms with Gasteiger partial charge in [0.1, 0.15) is 0 Å². The molecular weight excluding hydrogens is 228 g/mol. The van der Waals surface area contributed by atoms with Crippen molar-refractivity contribution in [3.63, 3.8) is 0 Å². The molecule has 16 heavy (non-hydrogen) atoms. The molecule has 1 heterocycles. The van der Waals surface area contributed by atoms with E-state index in [2.05, 4.69) is 10.3 Å². The lowest BCUT2D eigenvalue weighted by Crippen LogP contribution is -2.14. The van der Waals surface area contributed by atoms with Crippen LogP contribution in [0.3, 0.4) is 0 Å². The van der Waals surface area contributed by atoms with Gasteiger partial charge in [0.2, 0.25) is 5.91 Å². The summed E-state index contributed by atoms with van der Waals surface area (Å²) in [5.41, 5.74) is 0.866. The third-order valence-corrected chi connectivity index (χ3v) is 2.60. The number of nitrogens with one attached hydrogen (secondary N) is 1. The summed E-state index contributed by atoms with van der Waals surface area (Å²) in [5, 5.41) is 5.03. The molecule has 0 fully saturated rings. The van der Waals surface area contributed by atoms with Gasteiger partial charge in [-0.1, -0.05) is 0 Å². The number of ether oxygens (including phenoxy) is 1. The second-order valence-corrected chi connectivity index (χ2v) is 4.01. The van der Waals surface area contributed by atoms with Crippen molar-refractivity contribution in [2.24, 2.45) is 0 Å². The fourth-order valence-corrected chi connectivity index (χ4v) is 1.75. The molecular formula is C10H14N2O3S. The molecule has 1 aromatic heterocycles. The fraction of sp³-hybridized carbons (Fsp3) is 0.500. The highest BCUT2D eigenvalue weighted by Gasteiger charge is 2.09. The van der Waals surface area contributed by atoms with Gasteiger partial charge in [-0.15, -0.1) is 11.3 Å². The van der Waals surface area contributed by atoms with Crippen molar-refractivity contribution in [2.75, 3.05) is 11.9 Å². The molecule has 0 bridgehead atoms. The molecule has 0 saturated heterocycles. The average Bonchev–Trinajstić information content (AvgIpc) is 2.61. The normalized spacial score (nSPS) is 9.88. The molecule has 0 aliphatic heterocycles. The zero-order chi connectivity index (χ0) is 12.0. The lowest BCUT2D eigenvalue weighted by atomic mass is 10.3. The molecule has 0 saturated carbocycles. The quantitative estimate of drug-likeness (QED) is 0.798. The van der Waals surface area contributed by atoms with E-state index >= 15 is 0 Å². The minimum atomic E-state index is -0.354. The summed E-state index contributed by atoms with van der Waals surface area (Å²) in [6.07, 6.45) is 0.224. The Labute approximate surface area is 97.8 Å². The third kappa shape index (κ3) is 4.39. The van der Waals surface area contributed by atoms with Crippen molar-refractivity contribution in [3.8, 4) is 0 Å². The van der Waals surface area contributed by atoms with E-state index in [0.29, 0.717) is 11.7 Å². The Bertz CT molecular complexity index is 376. The monoisotopic (exact) mass is 242 g/mol. The molecule has 88 valence electrons. The number of hydrogen-bond acceptors (Lipinski definition) is 5. The number of aryl methyl sites for hydroxylation is 1. The molecule has 6 heteroatoms. The van der Waals surface area contributed by atoms with Crippen LogP contribution in [0.2, 0.25) is 0 Å². The van der Waals surface area contributed by atoms with E-state index in [-0.39, 0.29) is 24.7 Å². The molecule has 1 amide bonds. The minimum absolute atomic E-state index is 0.101. The van der Waals surface area contributed by atoms with Gasteiger partial charge in [0.05, 0.1) is 18.7 Å². The zero-order valence-electron chi connectivity index (χ0n) is 9.28. The van der Waals surface area contributed by atoms with Gasteiger partial charge in [0, 0.05) is 11.8 Å². The lowest BCUT2D eigenvalue weighted by Gasteiger charge is -2.01. The number of hydrogen-bond donors (Lipinski definition) is 1. The van der Waals surface area contributed by atoms with Crippen LogP contribution in [0.4, 0.5) is 5.13 Å². The topological polar surface area (TPSA) is 68.3 Å². The number of carbonyl (C=O) groups is 2. The Morgan fingerprint density at radius 1 is 1.50 bits per heavy atom. The minimum Gasteiger partial charge on any atom is -0.466 e. The van der Waals surface area contributed by atoms with Crippen LogP contribution >= 0.6 is 11.3 Å². The first-order valence-electron chi connectivity index (χ1n) is 4.99. The second-order valence-electron chi connectivity index (χ2n) is 3.15. The molecule has 1 N–H and O–H groups in total. The Morgan fingerprint density at radius 2 is 2.25 bits per heavy atom. The van der Waals surface area contributed by atoms with Crippen LogP contribution in [0.1, 0.15) is 25.5 Å². The number of carbonyl (C=O) groups excluding carboxylic acids is 2. The maximum atomic E-state index is 11.4. The summed E-state index contributed by atoms with van der Waals surface area (Å²) in [4.78, 5) is 26.5. The third-order valence-electron chi connectivity index (χ3n) is 1.73. The molecule has 0 aliphatic rings. The maximum Gasteiger partial charge on any atom is 0.306 e. The van der Waals surface area contributed by atoms with Crippen LogP contribution in [0.15, 0.2) is 5.38 Å². The largest absolute Gasteiger partial charge is 0.466 e. The first kappa shape index (κ1) is 12.6. The van der Waals surface area contributed by atoms with E-state index in [1.54, 1.807) is 6.92 Å². The lowest BCUT2D eigenvalue weighted by molar-refractivity contribution is -0.144. The standard InChI is InChI=1S/C10H14N2O3S/c1-3-15-9(14)5-4-8(13)12-10-11-7(2)6-16-10/h6H,3-5H2,1-2H3,(H,11,12,13). The number of rotatable bonds is 5. The molecule has 5 nitrogen and oxygen atoms in total. The molecule has 0 atom stereocenters. The van der Waals surface area contributed by atoms with Gasteiger partial charge in [0.15, 0.2) is 5.13 Å². The highest BCUT2D eigenvalue weighted by Crippen LogP contribution is 2.14. The van der Waals surface area contributed by atoms with Gasteiger partial charge in [-0.05, 0) is 13.8 Å². The molecule has 0 spiro atoms. The van der Waals surface area contributed by atoms with E-state index in [9.17, 15) is 9.59 Å². The van der Waals surface area contributed by atoms with Crippen LogP contribution in [0.25, 0.3) is 0 Å². The van der Waals surface area contributed by atoms with Crippen molar-refractivity contribution in [3.05, 3.63) is 11.1 Å². The van der Waals surface area contributed by atoms with E-state index in [4.69, 9.17) is 4.74 Å². The number of nitrogens with zero attached hydrogens (tertiary/aromatic N) is 1. The summed E-state index contributed by atoms with van der Waals surface area (Å²) in [5.74, 6) is -0.574.